The van der Waals surface area contributed by atoms with Crippen LogP contribution in [0, 0.1) is 0 Å². The Labute approximate surface area is 191 Å². The second-order valence-corrected chi connectivity index (χ2v) is 8.23. The Morgan fingerprint density at radius 1 is 1.09 bits per heavy atom. The monoisotopic (exact) mass is 457 g/mol. The maximum Gasteiger partial charge on any atom is 0.325 e. The minimum Gasteiger partial charge on any atom is -0.493 e. The molecule has 0 spiro atoms. The van der Waals surface area contributed by atoms with E-state index in [4.69, 9.17) is 21.1 Å². The van der Waals surface area contributed by atoms with Crippen molar-refractivity contribution in [1.29, 1.82) is 0 Å². The summed E-state index contributed by atoms with van der Waals surface area (Å²) in [4.78, 5) is 40.9. The number of imide groups is 1. The van der Waals surface area contributed by atoms with Crippen LogP contribution in [-0.4, -0.2) is 54.5 Å². The molecule has 0 saturated carbocycles. The van der Waals surface area contributed by atoms with Gasteiger partial charge in [-0.2, -0.15) is 0 Å². The first kappa shape index (κ1) is 22.0. The van der Waals surface area contributed by atoms with Crippen LogP contribution in [0.5, 0.6) is 11.5 Å². The Balaban J connectivity index is 1.40. The Hall–Kier alpha value is -3.26. The average Bonchev–Trinajstić information content (AvgIpc) is 3.06. The number of hydrogen-bond acceptors (Lipinski definition) is 5. The fourth-order valence-corrected chi connectivity index (χ4v) is 4.16. The zero-order valence-corrected chi connectivity index (χ0v) is 18.6. The first-order valence-electron chi connectivity index (χ1n) is 10.3. The number of benzene rings is 2. The maximum absolute atomic E-state index is 12.9. The number of amides is 4. The molecule has 2 aliphatic rings. The van der Waals surface area contributed by atoms with Gasteiger partial charge in [0.1, 0.15) is 6.04 Å². The first-order chi connectivity index (χ1) is 15.4. The molecule has 1 N–H and O–H groups in total. The van der Waals surface area contributed by atoms with E-state index < -0.39 is 18.0 Å². The molecule has 2 heterocycles. The number of nitrogens with one attached hydrogen (secondary N) is 1. The molecule has 1 atom stereocenters. The lowest BCUT2D eigenvalue weighted by molar-refractivity contribution is -0.136. The van der Waals surface area contributed by atoms with Gasteiger partial charge < -0.3 is 19.7 Å². The van der Waals surface area contributed by atoms with Crippen molar-refractivity contribution in [3.05, 3.63) is 58.1 Å². The van der Waals surface area contributed by atoms with Gasteiger partial charge in [-0.3, -0.25) is 14.5 Å². The Kier molecular flexibility index (Phi) is 6.23. The second-order valence-electron chi connectivity index (χ2n) is 7.80. The lowest BCUT2D eigenvalue weighted by Gasteiger charge is -2.30. The van der Waals surface area contributed by atoms with Gasteiger partial charge in [-0.15, -0.1) is 0 Å². The van der Waals surface area contributed by atoms with E-state index in [9.17, 15) is 14.4 Å². The van der Waals surface area contributed by atoms with Crippen molar-refractivity contribution in [3.63, 3.8) is 0 Å². The van der Waals surface area contributed by atoms with E-state index in [-0.39, 0.29) is 18.9 Å². The number of fused-ring (bicyclic) bond motifs is 1. The van der Waals surface area contributed by atoms with Gasteiger partial charge in [-0.05, 0) is 47.4 Å². The molecule has 1 fully saturated rings. The highest BCUT2D eigenvalue weighted by atomic mass is 35.5. The molecule has 8 nitrogen and oxygen atoms in total. The van der Waals surface area contributed by atoms with Crippen LogP contribution < -0.4 is 14.8 Å². The van der Waals surface area contributed by atoms with Crippen LogP contribution in [0.25, 0.3) is 0 Å². The highest BCUT2D eigenvalue weighted by Crippen LogP contribution is 2.33. The number of urea groups is 1. The number of ether oxygens (including phenoxy) is 2. The lowest BCUT2D eigenvalue weighted by atomic mass is 9.98. The average molecular weight is 458 g/mol. The normalized spacial score (nSPS) is 17.8. The van der Waals surface area contributed by atoms with Crippen molar-refractivity contribution in [2.45, 2.75) is 32.0 Å². The summed E-state index contributed by atoms with van der Waals surface area (Å²) < 4.78 is 10.7. The summed E-state index contributed by atoms with van der Waals surface area (Å²) in [6.45, 7) is 1.08. The minimum atomic E-state index is -0.867. The molecule has 1 saturated heterocycles. The van der Waals surface area contributed by atoms with Crippen molar-refractivity contribution >= 4 is 29.4 Å². The molecular weight excluding hydrogens is 434 g/mol. The maximum atomic E-state index is 12.9. The molecule has 0 bridgehead atoms. The molecule has 4 amide bonds. The van der Waals surface area contributed by atoms with Crippen LogP contribution in [0.3, 0.4) is 0 Å². The van der Waals surface area contributed by atoms with Gasteiger partial charge in [0, 0.05) is 18.1 Å². The molecule has 32 heavy (non-hydrogen) atoms. The van der Waals surface area contributed by atoms with E-state index in [0.717, 1.165) is 21.6 Å². The number of hydrogen-bond donors (Lipinski definition) is 1. The van der Waals surface area contributed by atoms with Gasteiger partial charge in [0.05, 0.1) is 27.2 Å². The third-order valence-electron chi connectivity index (χ3n) is 5.81. The molecular formula is C23H24ClN3O5. The van der Waals surface area contributed by atoms with Gasteiger partial charge in [-0.1, -0.05) is 23.7 Å². The van der Waals surface area contributed by atoms with E-state index >= 15 is 0 Å². The first-order valence-corrected chi connectivity index (χ1v) is 10.6. The van der Waals surface area contributed by atoms with Crippen LogP contribution in [0.2, 0.25) is 5.02 Å². The molecule has 168 valence electrons. The molecule has 4 rings (SSSR count). The lowest BCUT2D eigenvalue weighted by Crippen LogP contribution is -2.41. The molecule has 0 unspecified atom stereocenters. The predicted octanol–water partition coefficient (Wildman–Crippen LogP) is 2.75. The van der Waals surface area contributed by atoms with Crippen molar-refractivity contribution in [3.8, 4) is 11.5 Å². The summed E-state index contributed by atoms with van der Waals surface area (Å²) >= 11 is 5.89. The van der Waals surface area contributed by atoms with Gasteiger partial charge in [-0.25, -0.2) is 4.79 Å². The summed E-state index contributed by atoms with van der Waals surface area (Å²) in [5.41, 5.74) is 2.86. The SMILES string of the molecule is COc1cc2c(cc1OC)CN(C(=O)C[C@@H]1NC(=O)N(Cc3ccc(Cl)cc3)C1=O)CC2. The highest BCUT2D eigenvalue weighted by Gasteiger charge is 2.40. The van der Waals surface area contributed by atoms with E-state index in [0.29, 0.717) is 36.0 Å². The summed E-state index contributed by atoms with van der Waals surface area (Å²) in [6.07, 6.45) is 0.597. The third kappa shape index (κ3) is 4.36. The van der Waals surface area contributed by atoms with E-state index in [1.54, 1.807) is 43.4 Å². The zero-order valence-electron chi connectivity index (χ0n) is 17.9. The highest BCUT2D eigenvalue weighted by molar-refractivity contribution is 6.30. The minimum absolute atomic E-state index is 0.0791. The molecule has 0 aromatic heterocycles. The van der Waals surface area contributed by atoms with Crippen LogP contribution in [0.15, 0.2) is 36.4 Å². The zero-order chi connectivity index (χ0) is 22.8. The second kappa shape index (κ2) is 9.08. The number of nitrogens with zero attached hydrogens (tertiary/aromatic N) is 2. The number of halogens is 1. The third-order valence-corrected chi connectivity index (χ3v) is 6.06. The quantitative estimate of drug-likeness (QED) is 0.674. The van der Waals surface area contributed by atoms with E-state index in [1.807, 2.05) is 12.1 Å². The standard InChI is InChI=1S/C23H24ClN3O5/c1-31-19-9-15-7-8-26(13-16(15)10-20(19)32-2)21(28)11-18-22(29)27(23(30)25-18)12-14-3-5-17(24)6-4-14/h3-6,9-10,18H,7-8,11-13H2,1-2H3,(H,25,30)/t18-/m0/s1. The molecule has 2 aliphatic heterocycles. The topological polar surface area (TPSA) is 88.2 Å². The fraction of sp³-hybridized carbons (Fsp3) is 0.348. The largest absolute Gasteiger partial charge is 0.493 e. The van der Waals surface area contributed by atoms with Crippen LogP contribution in [0.1, 0.15) is 23.1 Å². The van der Waals surface area contributed by atoms with E-state index in [1.165, 1.54) is 0 Å². The van der Waals surface area contributed by atoms with E-state index in [2.05, 4.69) is 5.32 Å². The summed E-state index contributed by atoms with van der Waals surface area (Å²) in [5.74, 6) is 0.683. The van der Waals surface area contributed by atoms with Gasteiger partial charge in [0.2, 0.25) is 5.91 Å². The number of methoxy groups -OCH3 is 2. The Bertz CT molecular complexity index is 1060. The summed E-state index contributed by atoms with van der Waals surface area (Å²) in [5, 5.41) is 3.21. The number of carbonyl (C=O) groups is 3. The predicted molar refractivity (Wildman–Crippen MR) is 118 cm³/mol. The van der Waals surface area contributed by atoms with Crippen molar-refractivity contribution < 1.29 is 23.9 Å². The molecule has 0 radical (unpaired) electrons. The van der Waals surface area contributed by atoms with Crippen molar-refractivity contribution in [1.82, 2.24) is 15.1 Å². The van der Waals surface area contributed by atoms with Gasteiger partial charge >= 0.3 is 6.03 Å². The summed E-state index contributed by atoms with van der Waals surface area (Å²) in [7, 11) is 3.16. The summed E-state index contributed by atoms with van der Waals surface area (Å²) in [6, 6.07) is 9.38. The molecule has 0 aliphatic carbocycles. The van der Waals surface area contributed by atoms with Crippen LogP contribution in [-0.2, 0) is 29.1 Å². The number of carbonyl (C=O) groups excluding carboxylic acids is 3. The van der Waals surface area contributed by atoms with Crippen LogP contribution in [0.4, 0.5) is 4.79 Å². The Morgan fingerprint density at radius 3 is 2.41 bits per heavy atom. The smallest absolute Gasteiger partial charge is 0.325 e. The van der Waals surface area contributed by atoms with Gasteiger partial charge in [0.25, 0.3) is 5.91 Å². The van der Waals surface area contributed by atoms with Crippen molar-refractivity contribution in [2.75, 3.05) is 20.8 Å². The number of rotatable bonds is 6. The Morgan fingerprint density at radius 2 is 1.75 bits per heavy atom. The van der Waals surface area contributed by atoms with Gasteiger partial charge in [0.15, 0.2) is 11.5 Å². The fourth-order valence-electron chi connectivity index (χ4n) is 4.04. The van der Waals surface area contributed by atoms with Crippen molar-refractivity contribution in [2.24, 2.45) is 0 Å². The van der Waals surface area contributed by atoms with Crippen LogP contribution >= 0.6 is 11.6 Å². The molecule has 9 heteroatoms. The molecule has 2 aromatic carbocycles. The molecule has 2 aromatic rings.